The van der Waals surface area contributed by atoms with Crippen LogP contribution in [-0.4, -0.2) is 41.6 Å². The number of aldehydes is 1. The first-order valence-corrected chi connectivity index (χ1v) is 8.33. The second-order valence-corrected chi connectivity index (χ2v) is 6.95. The van der Waals surface area contributed by atoms with Crippen molar-refractivity contribution >= 4 is 18.2 Å². The molecule has 0 spiro atoms. The molecule has 0 aromatic heterocycles. The minimum Gasteiger partial charge on any atom is -0.458 e. The summed E-state index contributed by atoms with van der Waals surface area (Å²) in [5.74, 6) is -2.81. The second kappa shape index (κ2) is 7.03. The summed E-state index contributed by atoms with van der Waals surface area (Å²) in [5.41, 5.74) is -0.495. The number of rotatable bonds is 5. The lowest BCUT2D eigenvalue weighted by Crippen LogP contribution is -2.60. The Morgan fingerprint density at radius 2 is 2.04 bits per heavy atom. The first-order chi connectivity index (χ1) is 12.1. The van der Waals surface area contributed by atoms with E-state index in [1.54, 1.807) is 26.8 Å². The van der Waals surface area contributed by atoms with E-state index >= 15 is 0 Å². The van der Waals surface area contributed by atoms with Gasteiger partial charge in [-0.25, -0.2) is 9.59 Å². The molecule has 0 aromatic carbocycles. The lowest BCUT2D eigenvalue weighted by Gasteiger charge is -2.51. The third kappa shape index (κ3) is 2.84. The van der Waals surface area contributed by atoms with Crippen molar-refractivity contribution in [3.8, 4) is 0 Å². The van der Waals surface area contributed by atoms with Gasteiger partial charge >= 0.3 is 11.9 Å². The van der Waals surface area contributed by atoms with E-state index in [2.05, 4.69) is 19.7 Å². The van der Waals surface area contributed by atoms with Crippen LogP contribution in [0.15, 0.2) is 48.6 Å². The zero-order valence-corrected chi connectivity index (χ0v) is 15.2. The van der Waals surface area contributed by atoms with E-state index in [1.807, 2.05) is 0 Å². The molecule has 2 rings (SSSR count). The third-order valence-electron chi connectivity index (χ3n) is 5.55. The number of ether oxygens (including phenoxy) is 2. The summed E-state index contributed by atoms with van der Waals surface area (Å²) in [7, 11) is 0. The van der Waals surface area contributed by atoms with Crippen LogP contribution in [-0.2, 0) is 23.9 Å². The molecule has 2 fully saturated rings. The highest BCUT2D eigenvalue weighted by atomic mass is 16.6. The van der Waals surface area contributed by atoms with Crippen molar-refractivity contribution in [3.63, 3.8) is 0 Å². The van der Waals surface area contributed by atoms with E-state index < -0.39 is 47.5 Å². The molecule has 1 N–H and O–H groups in total. The predicted octanol–water partition coefficient (Wildman–Crippen LogP) is 1.90. The monoisotopic (exact) mass is 360 g/mol. The van der Waals surface area contributed by atoms with Crippen molar-refractivity contribution in [2.45, 2.75) is 39.1 Å². The maximum Gasteiger partial charge on any atom is 0.334 e. The number of carbonyl (C=O) groups excluding carboxylic acids is 3. The summed E-state index contributed by atoms with van der Waals surface area (Å²) < 4.78 is 11.0. The van der Waals surface area contributed by atoms with Crippen molar-refractivity contribution in [2.24, 2.45) is 17.3 Å². The van der Waals surface area contributed by atoms with Gasteiger partial charge in [-0.05, 0) is 19.4 Å². The zero-order valence-electron chi connectivity index (χ0n) is 15.2. The van der Waals surface area contributed by atoms with E-state index in [0.717, 1.165) is 0 Å². The highest BCUT2D eigenvalue weighted by Crippen LogP contribution is 2.53. The fraction of sp³-hybridized carbons (Fsp3) is 0.450. The van der Waals surface area contributed by atoms with Crippen molar-refractivity contribution in [1.29, 1.82) is 0 Å². The standard InChI is InChI=1S/C20H24O6/c1-7-10(3)18(23)25-15-13-12(5)19(24)26-16(13)17(22)20(6,8-2)14(15)11(4)9-21/h7-9,13-17,22H,2,4-5H2,1,3,6H3/b10-7+/t13-,14-,15-,16-,17-,20+/m0/s1. The Morgan fingerprint density at radius 3 is 2.54 bits per heavy atom. The Labute approximate surface area is 152 Å². The van der Waals surface area contributed by atoms with E-state index in [-0.39, 0.29) is 11.1 Å². The van der Waals surface area contributed by atoms with E-state index in [4.69, 9.17) is 9.47 Å². The number of hydrogen-bond acceptors (Lipinski definition) is 6. The van der Waals surface area contributed by atoms with Crippen LogP contribution in [0.3, 0.4) is 0 Å². The maximum absolute atomic E-state index is 12.4. The van der Waals surface area contributed by atoms with Gasteiger partial charge in [-0.1, -0.05) is 32.2 Å². The van der Waals surface area contributed by atoms with Crippen LogP contribution < -0.4 is 0 Å². The molecular weight excluding hydrogens is 336 g/mol. The van der Waals surface area contributed by atoms with E-state index in [0.29, 0.717) is 11.9 Å². The number of aliphatic hydroxyl groups is 1. The molecule has 6 nitrogen and oxygen atoms in total. The van der Waals surface area contributed by atoms with Gasteiger partial charge in [0.1, 0.15) is 24.6 Å². The predicted molar refractivity (Wildman–Crippen MR) is 94.8 cm³/mol. The van der Waals surface area contributed by atoms with Gasteiger partial charge in [-0.15, -0.1) is 6.58 Å². The highest BCUT2D eigenvalue weighted by Gasteiger charge is 2.63. The van der Waals surface area contributed by atoms with Crippen molar-refractivity contribution < 1.29 is 29.0 Å². The number of carbonyl (C=O) groups is 3. The number of fused-ring (bicyclic) bond motifs is 1. The van der Waals surface area contributed by atoms with E-state index in [1.165, 1.54) is 6.08 Å². The molecule has 6 atom stereocenters. The molecule has 6 heteroatoms. The van der Waals surface area contributed by atoms with Crippen LogP contribution in [0.5, 0.6) is 0 Å². The maximum atomic E-state index is 12.4. The van der Waals surface area contributed by atoms with Crippen LogP contribution in [0.4, 0.5) is 0 Å². The van der Waals surface area contributed by atoms with Gasteiger partial charge in [0.2, 0.25) is 0 Å². The van der Waals surface area contributed by atoms with Crippen molar-refractivity contribution in [3.05, 3.63) is 48.6 Å². The smallest absolute Gasteiger partial charge is 0.334 e. The fourth-order valence-electron chi connectivity index (χ4n) is 3.76. The normalized spacial score (nSPS) is 36.8. The number of esters is 2. The minimum absolute atomic E-state index is 0.0970. The second-order valence-electron chi connectivity index (χ2n) is 6.95. The Hall–Kier alpha value is -2.47. The summed E-state index contributed by atoms with van der Waals surface area (Å²) >= 11 is 0. The summed E-state index contributed by atoms with van der Waals surface area (Å²) in [6.07, 6.45) is 0.573. The van der Waals surface area contributed by atoms with Crippen LogP contribution in [0.25, 0.3) is 0 Å². The molecule has 0 unspecified atom stereocenters. The molecule has 0 radical (unpaired) electrons. The fourth-order valence-corrected chi connectivity index (χ4v) is 3.76. The minimum atomic E-state index is -1.16. The molecule has 0 amide bonds. The molecule has 140 valence electrons. The average Bonchev–Trinajstić information content (AvgIpc) is 2.93. The Bertz CT molecular complexity index is 718. The largest absolute Gasteiger partial charge is 0.458 e. The van der Waals surface area contributed by atoms with Gasteiger partial charge in [0.05, 0.1) is 5.92 Å². The lowest BCUT2D eigenvalue weighted by molar-refractivity contribution is -0.182. The van der Waals surface area contributed by atoms with Gasteiger partial charge < -0.3 is 14.6 Å². The van der Waals surface area contributed by atoms with E-state index in [9.17, 15) is 19.5 Å². The topological polar surface area (TPSA) is 89.9 Å². The summed E-state index contributed by atoms with van der Waals surface area (Å²) in [6, 6.07) is 0. The first-order valence-electron chi connectivity index (χ1n) is 8.33. The number of aliphatic hydroxyl groups excluding tert-OH is 1. The number of hydrogen-bond donors (Lipinski definition) is 1. The SMILES string of the molecule is C=C[C@@]1(C)[C@@H](O)[C@H]2OC(=O)C(=C)[C@H]2[C@H](OC(=O)/C(C)=C/C)[C@@H]1C(=C)C=O. The van der Waals surface area contributed by atoms with Crippen LogP contribution in [0.1, 0.15) is 20.8 Å². The molecule has 1 aliphatic heterocycles. The first kappa shape index (κ1) is 19.8. The van der Waals surface area contributed by atoms with Gasteiger partial charge in [-0.3, -0.25) is 4.79 Å². The van der Waals surface area contributed by atoms with Crippen LogP contribution in [0, 0.1) is 17.3 Å². The summed E-state index contributed by atoms with van der Waals surface area (Å²) in [4.78, 5) is 35.9. The van der Waals surface area contributed by atoms with Crippen LogP contribution in [0.2, 0.25) is 0 Å². The van der Waals surface area contributed by atoms with Gasteiger partial charge in [-0.2, -0.15) is 0 Å². The van der Waals surface area contributed by atoms with Gasteiger partial charge in [0, 0.05) is 22.5 Å². The lowest BCUT2D eigenvalue weighted by atomic mass is 9.57. The van der Waals surface area contributed by atoms with Gasteiger partial charge in [0.15, 0.2) is 0 Å². The molecule has 26 heavy (non-hydrogen) atoms. The Kier molecular flexibility index (Phi) is 5.37. The molecule has 1 heterocycles. The average molecular weight is 360 g/mol. The quantitative estimate of drug-likeness (QED) is 0.349. The van der Waals surface area contributed by atoms with Crippen molar-refractivity contribution in [2.75, 3.05) is 0 Å². The molecule has 0 aromatic rings. The summed E-state index contributed by atoms with van der Waals surface area (Å²) in [5, 5.41) is 10.9. The number of allylic oxidation sites excluding steroid dienone is 1. The Morgan fingerprint density at radius 1 is 1.42 bits per heavy atom. The molecule has 0 bridgehead atoms. The van der Waals surface area contributed by atoms with Gasteiger partial charge in [0.25, 0.3) is 0 Å². The molecular formula is C20H24O6. The molecule has 2 aliphatic rings. The third-order valence-corrected chi connectivity index (χ3v) is 5.55. The summed E-state index contributed by atoms with van der Waals surface area (Å²) in [6.45, 7) is 16.2. The van der Waals surface area contributed by atoms with Crippen LogP contribution >= 0.6 is 0 Å². The highest BCUT2D eigenvalue weighted by molar-refractivity contribution is 5.92. The Balaban J connectivity index is 2.61. The van der Waals surface area contributed by atoms with Crippen molar-refractivity contribution in [1.82, 2.24) is 0 Å². The molecule has 1 aliphatic carbocycles. The molecule has 1 saturated carbocycles. The zero-order chi connectivity index (χ0) is 19.8. The molecule has 1 saturated heterocycles.